The summed E-state index contributed by atoms with van der Waals surface area (Å²) in [5.74, 6) is 1.19. The molecular formula is C21H26ClNO4. The number of esters is 1. The molecule has 4 aliphatic carbocycles. The lowest BCUT2D eigenvalue weighted by atomic mass is 9.48. The third-order valence-electron chi connectivity index (χ3n) is 6.89. The Morgan fingerprint density at radius 1 is 1.22 bits per heavy atom. The van der Waals surface area contributed by atoms with Crippen molar-refractivity contribution in [1.29, 1.82) is 0 Å². The summed E-state index contributed by atoms with van der Waals surface area (Å²) < 4.78 is 5.08. The molecule has 27 heavy (non-hydrogen) atoms. The van der Waals surface area contributed by atoms with Crippen LogP contribution < -0.4 is 5.32 Å². The number of hydrogen-bond donors (Lipinski definition) is 2. The highest BCUT2D eigenvalue weighted by molar-refractivity contribution is 6.31. The number of carbonyl (C=O) groups is 2. The van der Waals surface area contributed by atoms with Gasteiger partial charge >= 0.3 is 5.97 Å². The van der Waals surface area contributed by atoms with Crippen molar-refractivity contribution in [2.24, 2.45) is 23.2 Å². The first-order valence-corrected chi connectivity index (χ1v) is 10.2. The Morgan fingerprint density at radius 3 is 2.41 bits per heavy atom. The van der Waals surface area contributed by atoms with Crippen LogP contribution >= 0.6 is 11.6 Å². The largest absolute Gasteiger partial charge is 0.507 e. The van der Waals surface area contributed by atoms with Gasteiger partial charge in [-0.05, 0) is 86.8 Å². The van der Waals surface area contributed by atoms with E-state index in [1.165, 1.54) is 56.7 Å². The molecule has 6 heteroatoms. The lowest BCUT2D eigenvalue weighted by molar-refractivity contribution is -0.128. The van der Waals surface area contributed by atoms with E-state index in [1.807, 2.05) is 0 Å². The first-order chi connectivity index (χ1) is 12.8. The van der Waals surface area contributed by atoms with Crippen molar-refractivity contribution in [3.8, 4) is 5.75 Å². The van der Waals surface area contributed by atoms with E-state index in [0.717, 1.165) is 17.8 Å². The second-order valence-corrected chi connectivity index (χ2v) is 9.24. The lowest BCUT2D eigenvalue weighted by Gasteiger charge is -2.59. The van der Waals surface area contributed by atoms with Gasteiger partial charge in [-0.2, -0.15) is 0 Å². The van der Waals surface area contributed by atoms with Crippen LogP contribution in [0.25, 0.3) is 0 Å². The maximum Gasteiger partial charge on any atom is 0.342 e. The number of hydrogen-bond acceptors (Lipinski definition) is 4. The summed E-state index contributed by atoms with van der Waals surface area (Å²) in [5.41, 5.74) is 0.170. The monoisotopic (exact) mass is 391 g/mol. The molecule has 1 atom stereocenters. The highest BCUT2D eigenvalue weighted by Crippen LogP contribution is 2.61. The van der Waals surface area contributed by atoms with Crippen molar-refractivity contribution in [2.45, 2.75) is 51.5 Å². The van der Waals surface area contributed by atoms with Crippen LogP contribution in [0.1, 0.15) is 55.8 Å². The molecule has 1 amide bonds. The molecule has 0 aromatic heterocycles. The molecule has 0 spiro atoms. The van der Waals surface area contributed by atoms with Crippen molar-refractivity contribution in [2.75, 3.05) is 6.61 Å². The van der Waals surface area contributed by atoms with Crippen LogP contribution in [0, 0.1) is 23.2 Å². The Morgan fingerprint density at radius 2 is 1.81 bits per heavy atom. The summed E-state index contributed by atoms with van der Waals surface area (Å²) in [4.78, 5) is 24.5. The van der Waals surface area contributed by atoms with Crippen LogP contribution in [0.5, 0.6) is 5.75 Å². The number of ether oxygens (including phenoxy) is 1. The number of benzene rings is 1. The normalized spacial score (nSPS) is 32.1. The number of aromatic hydroxyl groups is 1. The fourth-order valence-corrected chi connectivity index (χ4v) is 6.20. The molecule has 146 valence electrons. The molecule has 1 aromatic rings. The predicted octanol–water partition coefficient (Wildman–Crippen LogP) is 3.92. The number of carbonyl (C=O) groups excluding carboxylic acids is 2. The highest BCUT2D eigenvalue weighted by atomic mass is 35.5. The number of rotatable bonds is 5. The molecule has 0 radical (unpaired) electrons. The number of amides is 1. The maximum atomic E-state index is 12.4. The topological polar surface area (TPSA) is 75.6 Å². The average molecular weight is 392 g/mol. The summed E-state index contributed by atoms with van der Waals surface area (Å²) in [6, 6.07) is 4.22. The first kappa shape index (κ1) is 18.6. The van der Waals surface area contributed by atoms with Gasteiger partial charge in [0.15, 0.2) is 6.61 Å². The van der Waals surface area contributed by atoms with Crippen LogP contribution in [0.2, 0.25) is 5.02 Å². The van der Waals surface area contributed by atoms with Gasteiger partial charge in [-0.25, -0.2) is 4.79 Å². The van der Waals surface area contributed by atoms with E-state index in [2.05, 4.69) is 12.2 Å². The van der Waals surface area contributed by atoms with E-state index < -0.39 is 5.97 Å². The second-order valence-electron chi connectivity index (χ2n) is 8.81. The minimum atomic E-state index is -0.757. The number of phenols is 1. The molecule has 5 rings (SSSR count). The Labute approximate surface area is 164 Å². The Balaban J connectivity index is 1.33. The van der Waals surface area contributed by atoms with Gasteiger partial charge in [-0.1, -0.05) is 11.6 Å². The zero-order chi connectivity index (χ0) is 19.2. The lowest BCUT2D eigenvalue weighted by Crippen LogP contribution is -2.56. The maximum absolute atomic E-state index is 12.4. The third kappa shape index (κ3) is 3.66. The molecule has 0 heterocycles. The average Bonchev–Trinajstić information content (AvgIpc) is 2.60. The quantitative estimate of drug-likeness (QED) is 0.746. The number of halogens is 1. The second kappa shape index (κ2) is 7.01. The van der Waals surface area contributed by atoms with Crippen molar-refractivity contribution in [3.63, 3.8) is 0 Å². The van der Waals surface area contributed by atoms with Crippen LogP contribution in [0.4, 0.5) is 0 Å². The van der Waals surface area contributed by atoms with E-state index >= 15 is 0 Å². The van der Waals surface area contributed by atoms with E-state index in [-0.39, 0.29) is 35.3 Å². The van der Waals surface area contributed by atoms with Gasteiger partial charge in [0.2, 0.25) is 0 Å². The van der Waals surface area contributed by atoms with Gasteiger partial charge in [-0.3, -0.25) is 4.79 Å². The summed E-state index contributed by atoms with van der Waals surface area (Å²) in [5, 5.41) is 13.1. The SMILES string of the molecule is C[C@H](NC(=O)COC(=O)c1cc(Cl)ccc1O)C12CC3CC(CC(C3)C1)C2. The summed E-state index contributed by atoms with van der Waals surface area (Å²) in [6.45, 7) is 1.73. The zero-order valence-corrected chi connectivity index (χ0v) is 16.3. The first-order valence-electron chi connectivity index (χ1n) is 9.79. The Kier molecular flexibility index (Phi) is 4.83. The molecule has 2 N–H and O–H groups in total. The van der Waals surface area contributed by atoms with E-state index in [4.69, 9.17) is 16.3 Å². The van der Waals surface area contributed by atoms with Crippen molar-refractivity contribution in [3.05, 3.63) is 28.8 Å². The van der Waals surface area contributed by atoms with Gasteiger partial charge in [0, 0.05) is 11.1 Å². The summed E-state index contributed by atoms with van der Waals surface area (Å²) in [7, 11) is 0. The molecular weight excluding hydrogens is 366 g/mol. The molecule has 4 fully saturated rings. The molecule has 0 saturated heterocycles. The minimum Gasteiger partial charge on any atom is -0.507 e. The standard InChI is InChI=1S/C21H26ClNO4/c1-12(21-8-13-4-14(9-21)6-15(5-13)10-21)23-19(25)11-27-20(26)17-7-16(22)2-3-18(17)24/h2-3,7,12-15,24H,4-6,8-11H2,1H3,(H,23,25)/t12-,13?,14?,15?,21?/m0/s1. The smallest absolute Gasteiger partial charge is 0.342 e. The van der Waals surface area contributed by atoms with Crippen molar-refractivity contribution in [1.82, 2.24) is 5.32 Å². The molecule has 4 bridgehead atoms. The minimum absolute atomic E-state index is 0.0376. The van der Waals surface area contributed by atoms with Crippen molar-refractivity contribution >= 4 is 23.5 Å². The summed E-state index contributed by atoms with van der Waals surface area (Å²) >= 11 is 5.84. The third-order valence-corrected chi connectivity index (χ3v) is 7.13. The van der Waals surface area contributed by atoms with E-state index in [0.29, 0.717) is 5.02 Å². The fourth-order valence-electron chi connectivity index (χ4n) is 6.02. The Bertz CT molecular complexity index is 727. The van der Waals surface area contributed by atoms with Crippen LogP contribution in [0.15, 0.2) is 18.2 Å². The van der Waals surface area contributed by atoms with Gasteiger partial charge in [0.1, 0.15) is 11.3 Å². The van der Waals surface area contributed by atoms with E-state index in [9.17, 15) is 14.7 Å². The zero-order valence-electron chi connectivity index (χ0n) is 15.5. The van der Waals surface area contributed by atoms with Gasteiger partial charge in [0.05, 0.1) is 0 Å². The number of nitrogens with one attached hydrogen (secondary N) is 1. The van der Waals surface area contributed by atoms with Crippen LogP contribution in [-0.2, 0) is 9.53 Å². The fraction of sp³-hybridized carbons (Fsp3) is 0.619. The molecule has 1 aromatic carbocycles. The molecule has 4 saturated carbocycles. The molecule has 5 nitrogen and oxygen atoms in total. The molecule has 0 unspecified atom stereocenters. The van der Waals surface area contributed by atoms with Gasteiger partial charge in [0.25, 0.3) is 5.91 Å². The summed E-state index contributed by atoms with van der Waals surface area (Å²) in [6.07, 6.45) is 7.70. The highest BCUT2D eigenvalue weighted by Gasteiger charge is 2.53. The number of phenolic OH excluding ortho intramolecular Hbond substituents is 1. The Hall–Kier alpha value is -1.75. The van der Waals surface area contributed by atoms with Crippen LogP contribution in [-0.4, -0.2) is 29.6 Å². The van der Waals surface area contributed by atoms with E-state index in [1.54, 1.807) is 0 Å². The van der Waals surface area contributed by atoms with Crippen molar-refractivity contribution < 1.29 is 19.4 Å². The van der Waals surface area contributed by atoms with Gasteiger partial charge in [-0.15, -0.1) is 0 Å². The van der Waals surface area contributed by atoms with Crippen LogP contribution in [0.3, 0.4) is 0 Å². The van der Waals surface area contributed by atoms with Gasteiger partial charge < -0.3 is 15.2 Å². The molecule has 0 aliphatic heterocycles. The molecule has 4 aliphatic rings. The predicted molar refractivity (Wildman–Crippen MR) is 102 cm³/mol.